The fraction of sp³-hybridized carbons (Fsp3) is 0.192. The molecule has 8 nitrogen and oxygen atoms in total. The number of fused-ring (bicyclic) bond motifs is 2. The van der Waals surface area contributed by atoms with E-state index in [0.29, 0.717) is 23.8 Å². The van der Waals surface area contributed by atoms with Crippen molar-refractivity contribution in [3.8, 4) is 0 Å². The number of aryl methyl sites for hydroxylation is 2. The van der Waals surface area contributed by atoms with Gasteiger partial charge in [0.15, 0.2) is 11.7 Å². The lowest BCUT2D eigenvalue weighted by atomic mass is 10.1. The van der Waals surface area contributed by atoms with E-state index in [4.69, 9.17) is 4.74 Å². The third-order valence-electron chi connectivity index (χ3n) is 5.91. The van der Waals surface area contributed by atoms with Crippen molar-refractivity contribution in [1.82, 2.24) is 4.98 Å². The molecule has 1 aliphatic heterocycles. The second-order valence-electron chi connectivity index (χ2n) is 8.56. The van der Waals surface area contributed by atoms with Gasteiger partial charge in [0.25, 0.3) is 15.9 Å². The molecule has 0 aliphatic carbocycles. The summed E-state index contributed by atoms with van der Waals surface area (Å²) in [5.41, 5.74) is 4.58. The number of nitrogens with zero attached hydrogens (tertiary/aromatic N) is 2. The van der Waals surface area contributed by atoms with Gasteiger partial charge in [-0.2, -0.15) is 0 Å². The molecular weight excluding hydrogens is 498 g/mol. The molecule has 0 atom stereocenters. The van der Waals surface area contributed by atoms with Gasteiger partial charge in [-0.05, 0) is 67.3 Å². The zero-order chi connectivity index (χ0) is 25.4. The van der Waals surface area contributed by atoms with E-state index in [1.165, 1.54) is 39.9 Å². The van der Waals surface area contributed by atoms with Crippen molar-refractivity contribution < 1.29 is 22.7 Å². The van der Waals surface area contributed by atoms with Gasteiger partial charge in [0, 0.05) is 6.54 Å². The average Bonchev–Trinajstić information content (AvgIpc) is 3.47. The molecule has 0 fully saturated rings. The van der Waals surface area contributed by atoms with Crippen molar-refractivity contribution >= 4 is 54.3 Å². The number of amides is 1. The first kappa shape index (κ1) is 24.0. The van der Waals surface area contributed by atoms with Crippen LogP contribution in [0.1, 0.15) is 27.0 Å². The SMILES string of the molecule is Cc1cc(C)c2nc(NC(=O)COC(=O)c3cccc(S(=O)(=O)N4CCc5ccccc54)c3)sc2c1. The van der Waals surface area contributed by atoms with Gasteiger partial charge in [-0.3, -0.25) is 14.4 Å². The largest absolute Gasteiger partial charge is 0.452 e. The summed E-state index contributed by atoms with van der Waals surface area (Å²) in [4.78, 5) is 29.4. The maximum absolute atomic E-state index is 13.3. The van der Waals surface area contributed by atoms with E-state index in [0.717, 1.165) is 26.9 Å². The van der Waals surface area contributed by atoms with Crippen LogP contribution in [0.2, 0.25) is 0 Å². The number of benzene rings is 3. The number of rotatable bonds is 6. The highest BCUT2D eigenvalue weighted by atomic mass is 32.2. The second-order valence-corrected chi connectivity index (χ2v) is 11.4. The van der Waals surface area contributed by atoms with E-state index in [9.17, 15) is 18.0 Å². The molecule has 2 heterocycles. The number of sulfonamides is 1. The van der Waals surface area contributed by atoms with Crippen LogP contribution < -0.4 is 9.62 Å². The van der Waals surface area contributed by atoms with Gasteiger partial charge in [0.2, 0.25) is 0 Å². The van der Waals surface area contributed by atoms with Gasteiger partial charge in [0.1, 0.15) is 0 Å². The van der Waals surface area contributed by atoms with Crippen molar-refractivity contribution in [3.05, 3.63) is 82.9 Å². The summed E-state index contributed by atoms with van der Waals surface area (Å²) in [5.74, 6) is -1.32. The first-order valence-electron chi connectivity index (χ1n) is 11.3. The Kier molecular flexibility index (Phi) is 6.23. The summed E-state index contributed by atoms with van der Waals surface area (Å²) < 4.78 is 34.0. The predicted molar refractivity (Wildman–Crippen MR) is 139 cm³/mol. The molecule has 0 radical (unpaired) electrons. The van der Waals surface area contributed by atoms with Gasteiger partial charge in [-0.15, -0.1) is 0 Å². The molecule has 0 saturated carbocycles. The molecule has 184 valence electrons. The number of esters is 1. The number of anilines is 2. The van der Waals surface area contributed by atoms with E-state index >= 15 is 0 Å². The maximum atomic E-state index is 13.3. The number of aromatic nitrogens is 1. The highest BCUT2D eigenvalue weighted by molar-refractivity contribution is 7.92. The molecule has 5 rings (SSSR count). The predicted octanol–water partition coefficient (Wildman–Crippen LogP) is 4.46. The summed E-state index contributed by atoms with van der Waals surface area (Å²) in [5, 5.41) is 3.07. The van der Waals surface area contributed by atoms with E-state index in [-0.39, 0.29) is 10.5 Å². The van der Waals surface area contributed by atoms with Crippen LogP contribution >= 0.6 is 11.3 Å². The Balaban J connectivity index is 1.26. The number of hydrogen-bond donors (Lipinski definition) is 1. The summed E-state index contributed by atoms with van der Waals surface area (Å²) in [7, 11) is -3.86. The average molecular weight is 522 g/mol. The molecule has 36 heavy (non-hydrogen) atoms. The van der Waals surface area contributed by atoms with Crippen LogP contribution in [-0.2, 0) is 26.0 Å². The van der Waals surface area contributed by atoms with Crippen molar-refractivity contribution in [2.24, 2.45) is 0 Å². The Hall–Kier alpha value is -3.76. The second kappa shape index (κ2) is 9.36. The molecule has 1 amide bonds. The van der Waals surface area contributed by atoms with E-state index in [2.05, 4.69) is 10.3 Å². The van der Waals surface area contributed by atoms with Gasteiger partial charge in [0.05, 0.1) is 26.4 Å². The molecule has 10 heteroatoms. The Morgan fingerprint density at radius 1 is 1.08 bits per heavy atom. The van der Waals surface area contributed by atoms with E-state index < -0.39 is 28.5 Å². The van der Waals surface area contributed by atoms with Crippen LogP contribution in [0, 0.1) is 13.8 Å². The molecule has 0 unspecified atom stereocenters. The van der Waals surface area contributed by atoms with Crippen LogP contribution in [0.4, 0.5) is 10.8 Å². The van der Waals surface area contributed by atoms with Crippen LogP contribution in [0.15, 0.2) is 65.6 Å². The number of para-hydroxylation sites is 1. The highest BCUT2D eigenvalue weighted by Crippen LogP contribution is 2.33. The molecule has 0 bridgehead atoms. The van der Waals surface area contributed by atoms with Crippen molar-refractivity contribution in [1.29, 1.82) is 0 Å². The Bertz CT molecular complexity index is 1610. The Morgan fingerprint density at radius 2 is 1.89 bits per heavy atom. The van der Waals surface area contributed by atoms with Crippen LogP contribution in [0.5, 0.6) is 0 Å². The molecule has 3 aromatic carbocycles. The number of carbonyl (C=O) groups excluding carboxylic acids is 2. The minimum atomic E-state index is -3.86. The Morgan fingerprint density at radius 3 is 2.72 bits per heavy atom. The lowest BCUT2D eigenvalue weighted by molar-refractivity contribution is -0.119. The fourth-order valence-corrected chi connectivity index (χ4v) is 6.87. The monoisotopic (exact) mass is 521 g/mol. The third-order valence-corrected chi connectivity index (χ3v) is 8.64. The number of hydrogen-bond acceptors (Lipinski definition) is 7. The zero-order valence-electron chi connectivity index (χ0n) is 19.6. The Labute approximate surface area is 212 Å². The molecular formula is C26H23N3O5S2. The van der Waals surface area contributed by atoms with Gasteiger partial charge in [-0.25, -0.2) is 18.2 Å². The first-order valence-corrected chi connectivity index (χ1v) is 13.5. The summed E-state index contributed by atoms with van der Waals surface area (Å²) in [6.45, 7) is 3.76. The number of ether oxygens (including phenoxy) is 1. The highest BCUT2D eigenvalue weighted by Gasteiger charge is 2.31. The standard InChI is InChI=1S/C26H23N3O5S2/c1-16-12-17(2)24-22(13-16)35-26(28-24)27-23(30)15-34-25(31)19-7-5-8-20(14-19)36(32,33)29-11-10-18-6-3-4-9-21(18)29/h3-9,12-14H,10-11,15H2,1-2H3,(H,27,28,30). The number of nitrogens with one attached hydrogen (secondary N) is 1. The lowest BCUT2D eigenvalue weighted by Crippen LogP contribution is -2.29. The van der Waals surface area contributed by atoms with Crippen LogP contribution in [0.25, 0.3) is 10.2 Å². The summed E-state index contributed by atoms with van der Waals surface area (Å²) in [6, 6.07) is 17.0. The van der Waals surface area contributed by atoms with E-state index in [1.54, 1.807) is 12.1 Å². The normalized spacial score (nSPS) is 13.0. The van der Waals surface area contributed by atoms with E-state index in [1.807, 2.05) is 38.1 Å². The molecule has 1 aliphatic rings. The minimum absolute atomic E-state index is 0.0155. The lowest BCUT2D eigenvalue weighted by Gasteiger charge is -2.19. The smallest absolute Gasteiger partial charge is 0.338 e. The summed E-state index contributed by atoms with van der Waals surface area (Å²) in [6.07, 6.45) is 0.625. The summed E-state index contributed by atoms with van der Waals surface area (Å²) >= 11 is 1.34. The maximum Gasteiger partial charge on any atom is 0.338 e. The molecule has 4 aromatic rings. The number of carbonyl (C=O) groups is 2. The van der Waals surface area contributed by atoms with Gasteiger partial charge >= 0.3 is 5.97 Å². The molecule has 0 saturated heterocycles. The minimum Gasteiger partial charge on any atom is -0.452 e. The van der Waals surface area contributed by atoms with Crippen LogP contribution in [0.3, 0.4) is 0 Å². The van der Waals surface area contributed by atoms with Gasteiger partial charge < -0.3 is 4.74 Å². The number of thiazole rings is 1. The zero-order valence-corrected chi connectivity index (χ0v) is 21.3. The van der Waals surface area contributed by atoms with Crippen molar-refractivity contribution in [2.75, 3.05) is 22.8 Å². The molecule has 1 N–H and O–H groups in total. The van der Waals surface area contributed by atoms with Crippen molar-refractivity contribution in [3.63, 3.8) is 0 Å². The first-order chi connectivity index (χ1) is 17.2. The van der Waals surface area contributed by atoms with Crippen molar-refractivity contribution in [2.45, 2.75) is 25.2 Å². The van der Waals surface area contributed by atoms with Gasteiger partial charge in [-0.1, -0.05) is 41.7 Å². The topological polar surface area (TPSA) is 106 Å². The molecule has 1 aromatic heterocycles. The molecule has 0 spiro atoms. The van der Waals surface area contributed by atoms with Crippen LogP contribution in [-0.4, -0.2) is 38.4 Å². The fourth-order valence-electron chi connectivity index (χ4n) is 4.26. The quantitative estimate of drug-likeness (QED) is 0.376. The third kappa shape index (κ3) is 4.57.